The van der Waals surface area contributed by atoms with E-state index in [0.29, 0.717) is 5.92 Å². The number of nitrogens with zero attached hydrogens (tertiary/aromatic N) is 2. The molecule has 1 amide bonds. The molecule has 0 unspecified atom stereocenters. The standard InChI is InChI=1S/C25H26N2O3S/c1-26(2)25(28)24-22(19-8-4-5-10-21(19)31-24)17-11-12-27(14-17)15-18-13-16-7-6-9-20(29-3)23(16)30-18/h4-10,13,17H,11-12,14-15H2,1-3H3/t17-/m1/s1. The van der Waals surface area contributed by atoms with E-state index in [0.717, 1.165) is 53.4 Å². The van der Waals surface area contributed by atoms with Gasteiger partial charge in [-0.15, -0.1) is 11.3 Å². The lowest BCUT2D eigenvalue weighted by molar-refractivity contribution is 0.0831. The molecule has 5 rings (SSSR count). The second kappa shape index (κ2) is 8.02. The van der Waals surface area contributed by atoms with E-state index in [1.54, 1.807) is 23.3 Å². The first-order valence-electron chi connectivity index (χ1n) is 10.6. The lowest BCUT2D eigenvalue weighted by Crippen LogP contribution is -2.23. The third kappa shape index (κ3) is 3.60. The van der Waals surface area contributed by atoms with Crippen LogP contribution in [0.1, 0.15) is 33.3 Å². The highest BCUT2D eigenvalue weighted by atomic mass is 32.1. The normalized spacial score (nSPS) is 16.9. The number of carbonyl (C=O) groups is 1. The summed E-state index contributed by atoms with van der Waals surface area (Å²) >= 11 is 1.62. The van der Waals surface area contributed by atoms with Crippen molar-refractivity contribution in [3.63, 3.8) is 0 Å². The molecule has 1 saturated heterocycles. The molecule has 0 N–H and O–H groups in total. The maximum atomic E-state index is 12.9. The van der Waals surface area contributed by atoms with Crippen molar-refractivity contribution in [3.8, 4) is 5.75 Å². The first kappa shape index (κ1) is 20.1. The molecular weight excluding hydrogens is 408 g/mol. The summed E-state index contributed by atoms with van der Waals surface area (Å²) in [6, 6.07) is 16.4. The van der Waals surface area contributed by atoms with Gasteiger partial charge < -0.3 is 14.1 Å². The van der Waals surface area contributed by atoms with Gasteiger partial charge in [0.15, 0.2) is 11.3 Å². The zero-order chi connectivity index (χ0) is 21.5. The predicted octanol–water partition coefficient (Wildman–Crippen LogP) is 5.35. The highest BCUT2D eigenvalue weighted by Gasteiger charge is 2.31. The highest BCUT2D eigenvalue weighted by Crippen LogP contribution is 2.41. The molecule has 0 aliphatic carbocycles. The van der Waals surface area contributed by atoms with Crippen LogP contribution in [-0.2, 0) is 6.54 Å². The van der Waals surface area contributed by atoms with Crippen LogP contribution in [0.4, 0.5) is 0 Å². The third-order valence-electron chi connectivity index (χ3n) is 6.07. The fourth-order valence-electron chi connectivity index (χ4n) is 4.59. The molecule has 1 aliphatic rings. The molecule has 31 heavy (non-hydrogen) atoms. The number of methoxy groups -OCH3 is 1. The fraction of sp³-hybridized carbons (Fsp3) is 0.320. The van der Waals surface area contributed by atoms with Crippen LogP contribution in [0.15, 0.2) is 52.9 Å². The maximum absolute atomic E-state index is 12.9. The number of hydrogen-bond donors (Lipinski definition) is 0. The summed E-state index contributed by atoms with van der Waals surface area (Å²) in [6.07, 6.45) is 1.04. The molecular formula is C25H26N2O3S. The van der Waals surface area contributed by atoms with Gasteiger partial charge in [-0.3, -0.25) is 9.69 Å². The summed E-state index contributed by atoms with van der Waals surface area (Å²) in [5, 5.41) is 2.28. The summed E-state index contributed by atoms with van der Waals surface area (Å²) in [5.74, 6) is 2.15. The van der Waals surface area contributed by atoms with Crippen LogP contribution >= 0.6 is 11.3 Å². The monoisotopic (exact) mass is 434 g/mol. The molecule has 2 aromatic carbocycles. The predicted molar refractivity (Wildman–Crippen MR) is 125 cm³/mol. The maximum Gasteiger partial charge on any atom is 0.263 e. The van der Waals surface area contributed by atoms with Crippen LogP contribution < -0.4 is 4.74 Å². The molecule has 0 radical (unpaired) electrons. The number of ether oxygens (including phenoxy) is 1. The lowest BCUT2D eigenvalue weighted by atomic mass is 9.95. The number of hydrogen-bond acceptors (Lipinski definition) is 5. The average Bonchev–Trinajstić information content (AvgIpc) is 3.48. The van der Waals surface area contributed by atoms with Crippen molar-refractivity contribution in [1.82, 2.24) is 9.80 Å². The van der Waals surface area contributed by atoms with Crippen LogP contribution in [0.2, 0.25) is 0 Å². The molecule has 0 spiro atoms. The highest BCUT2D eigenvalue weighted by molar-refractivity contribution is 7.21. The van der Waals surface area contributed by atoms with Gasteiger partial charge in [-0.2, -0.15) is 0 Å². The number of thiophene rings is 1. The van der Waals surface area contributed by atoms with Gasteiger partial charge >= 0.3 is 0 Å². The Labute approximate surface area is 185 Å². The van der Waals surface area contributed by atoms with E-state index in [1.807, 2.05) is 38.4 Å². The number of rotatable bonds is 5. The number of benzene rings is 2. The second-order valence-electron chi connectivity index (χ2n) is 8.35. The van der Waals surface area contributed by atoms with Crippen molar-refractivity contribution in [3.05, 3.63) is 64.7 Å². The zero-order valence-corrected chi connectivity index (χ0v) is 18.9. The van der Waals surface area contributed by atoms with Crippen LogP contribution in [0, 0.1) is 0 Å². The van der Waals surface area contributed by atoms with E-state index in [-0.39, 0.29) is 5.91 Å². The van der Waals surface area contributed by atoms with Crippen LogP contribution in [-0.4, -0.2) is 50.0 Å². The lowest BCUT2D eigenvalue weighted by Gasteiger charge is -2.17. The summed E-state index contributed by atoms with van der Waals surface area (Å²) in [7, 11) is 5.32. The van der Waals surface area contributed by atoms with Gasteiger partial charge in [0.05, 0.1) is 18.5 Å². The Morgan fingerprint density at radius 3 is 2.87 bits per heavy atom. The molecule has 160 valence electrons. The van der Waals surface area contributed by atoms with Gasteiger partial charge in [0, 0.05) is 36.6 Å². The first-order valence-corrected chi connectivity index (χ1v) is 11.4. The topological polar surface area (TPSA) is 45.9 Å². The number of para-hydroxylation sites is 1. The number of carbonyl (C=O) groups excluding carboxylic acids is 1. The second-order valence-corrected chi connectivity index (χ2v) is 9.40. The van der Waals surface area contributed by atoms with Crippen LogP contribution in [0.3, 0.4) is 0 Å². The summed E-state index contributed by atoms with van der Waals surface area (Å²) in [6.45, 7) is 2.66. The minimum Gasteiger partial charge on any atom is -0.493 e. The number of amides is 1. The van der Waals surface area contributed by atoms with E-state index in [9.17, 15) is 4.79 Å². The van der Waals surface area contributed by atoms with E-state index >= 15 is 0 Å². The van der Waals surface area contributed by atoms with Gasteiger partial charge in [-0.1, -0.05) is 30.3 Å². The van der Waals surface area contributed by atoms with E-state index < -0.39 is 0 Å². The van der Waals surface area contributed by atoms with Crippen molar-refractivity contribution < 1.29 is 13.9 Å². The quantitative estimate of drug-likeness (QED) is 0.425. The smallest absolute Gasteiger partial charge is 0.263 e. The van der Waals surface area contributed by atoms with Crippen LogP contribution in [0.25, 0.3) is 21.1 Å². The Kier molecular flexibility index (Phi) is 5.20. The molecule has 0 bridgehead atoms. The molecule has 4 aromatic rings. The van der Waals surface area contributed by atoms with Gasteiger partial charge in [-0.05, 0) is 42.1 Å². The van der Waals surface area contributed by atoms with Crippen molar-refractivity contribution >= 4 is 38.3 Å². The van der Waals surface area contributed by atoms with Crippen molar-refractivity contribution in [2.24, 2.45) is 0 Å². The minimum atomic E-state index is 0.0963. The molecule has 6 heteroatoms. The van der Waals surface area contributed by atoms with Gasteiger partial charge in [-0.25, -0.2) is 0 Å². The van der Waals surface area contributed by atoms with Crippen molar-refractivity contribution in [2.75, 3.05) is 34.3 Å². The number of furan rings is 1. The van der Waals surface area contributed by atoms with E-state index in [2.05, 4.69) is 29.2 Å². The summed E-state index contributed by atoms with van der Waals surface area (Å²) < 4.78 is 12.7. The molecule has 0 saturated carbocycles. The first-order chi connectivity index (χ1) is 15.0. The zero-order valence-electron chi connectivity index (χ0n) is 18.1. The van der Waals surface area contributed by atoms with Gasteiger partial charge in [0.2, 0.25) is 0 Å². The number of fused-ring (bicyclic) bond motifs is 2. The Balaban J connectivity index is 1.42. The molecule has 2 aromatic heterocycles. The Morgan fingerprint density at radius 1 is 1.23 bits per heavy atom. The Bertz CT molecular complexity index is 1260. The SMILES string of the molecule is COc1cccc2cc(CN3CC[C@@H](c4c(C(=O)N(C)C)sc5ccccc45)C3)oc12. The minimum absolute atomic E-state index is 0.0963. The van der Waals surface area contributed by atoms with E-state index in [4.69, 9.17) is 9.15 Å². The molecule has 3 heterocycles. The summed E-state index contributed by atoms with van der Waals surface area (Å²) in [4.78, 5) is 17.9. The van der Waals surface area contributed by atoms with Crippen molar-refractivity contribution in [2.45, 2.75) is 18.9 Å². The Hall–Kier alpha value is -2.83. The average molecular weight is 435 g/mol. The van der Waals surface area contributed by atoms with Crippen LogP contribution in [0.5, 0.6) is 5.75 Å². The largest absolute Gasteiger partial charge is 0.493 e. The Morgan fingerprint density at radius 2 is 2.06 bits per heavy atom. The fourth-order valence-corrected chi connectivity index (χ4v) is 5.90. The summed E-state index contributed by atoms with van der Waals surface area (Å²) in [5.41, 5.74) is 2.02. The molecule has 5 nitrogen and oxygen atoms in total. The van der Waals surface area contributed by atoms with Crippen molar-refractivity contribution in [1.29, 1.82) is 0 Å². The van der Waals surface area contributed by atoms with Gasteiger partial charge in [0.25, 0.3) is 5.91 Å². The molecule has 1 aliphatic heterocycles. The third-order valence-corrected chi connectivity index (χ3v) is 7.25. The van der Waals surface area contributed by atoms with Gasteiger partial charge in [0.1, 0.15) is 5.76 Å². The molecule has 1 fully saturated rings. The van der Waals surface area contributed by atoms with E-state index in [1.165, 1.54) is 15.6 Å². The number of likely N-dealkylation sites (tertiary alicyclic amines) is 1. The molecule has 1 atom stereocenters.